The Balaban J connectivity index is 2.48. The molecule has 7 heteroatoms. The molecular weight excluding hydrogens is 266 g/mol. The number of hydrogen-bond donors (Lipinski definition) is 2. The molecule has 0 spiro atoms. The summed E-state index contributed by atoms with van der Waals surface area (Å²) in [5.41, 5.74) is 5.93. The summed E-state index contributed by atoms with van der Waals surface area (Å²) in [6, 6.07) is 5.59. The van der Waals surface area contributed by atoms with Crippen LogP contribution < -0.4 is 5.73 Å². The van der Waals surface area contributed by atoms with Crippen molar-refractivity contribution in [3.05, 3.63) is 23.8 Å². The quantitative estimate of drug-likeness (QED) is 0.774. The summed E-state index contributed by atoms with van der Waals surface area (Å²) in [5.74, 6) is 0. The minimum Gasteiger partial charge on any atom is -0.399 e. The maximum Gasteiger partial charge on any atom is 0.244 e. The summed E-state index contributed by atoms with van der Waals surface area (Å²) in [6.45, 7) is 0.152. The molecule has 102 valence electrons. The molecule has 0 aromatic heterocycles. The average molecular weight is 281 g/mol. The molecule has 0 bridgehead atoms. The fraction of sp³-hybridized carbons (Fsp3) is 0.417. The van der Waals surface area contributed by atoms with E-state index in [9.17, 15) is 13.5 Å². The summed E-state index contributed by atoms with van der Waals surface area (Å²) in [5, 5.41) is 18.3. The standard InChI is InChI=1S/C12H15N3O3S/c13-7-9-6-10(14)3-4-12(9)19(17,18)15-5-1-2-11(15)8-16/h3-4,6,11,16H,1-2,5,8,14H2/t11-/m0/s1. The van der Waals surface area contributed by atoms with E-state index in [4.69, 9.17) is 11.0 Å². The largest absolute Gasteiger partial charge is 0.399 e. The Morgan fingerprint density at radius 1 is 1.53 bits per heavy atom. The Bertz CT molecular complexity index is 622. The molecule has 1 fully saturated rings. The lowest BCUT2D eigenvalue weighted by molar-refractivity contribution is 0.213. The van der Waals surface area contributed by atoms with Gasteiger partial charge in [0.25, 0.3) is 0 Å². The van der Waals surface area contributed by atoms with Crippen LogP contribution in [0.5, 0.6) is 0 Å². The van der Waals surface area contributed by atoms with Gasteiger partial charge >= 0.3 is 0 Å². The summed E-state index contributed by atoms with van der Waals surface area (Å²) in [6.07, 6.45) is 1.34. The number of anilines is 1. The van der Waals surface area contributed by atoms with E-state index >= 15 is 0 Å². The van der Waals surface area contributed by atoms with Gasteiger partial charge in [-0.15, -0.1) is 0 Å². The van der Waals surface area contributed by atoms with Crippen molar-refractivity contribution < 1.29 is 13.5 Å². The van der Waals surface area contributed by atoms with Gasteiger partial charge in [0, 0.05) is 18.3 Å². The number of benzene rings is 1. The molecular formula is C12H15N3O3S. The number of aliphatic hydroxyl groups excluding tert-OH is 1. The van der Waals surface area contributed by atoms with Crippen molar-refractivity contribution in [2.24, 2.45) is 0 Å². The fourth-order valence-corrected chi connectivity index (χ4v) is 4.10. The van der Waals surface area contributed by atoms with Gasteiger partial charge in [0.15, 0.2) is 0 Å². The summed E-state index contributed by atoms with van der Waals surface area (Å²) < 4.78 is 26.3. The highest BCUT2D eigenvalue weighted by Gasteiger charge is 2.36. The third kappa shape index (κ3) is 2.42. The van der Waals surface area contributed by atoms with Gasteiger partial charge in [-0.25, -0.2) is 8.42 Å². The van der Waals surface area contributed by atoms with Crippen molar-refractivity contribution in [1.29, 1.82) is 5.26 Å². The maximum absolute atomic E-state index is 12.5. The van der Waals surface area contributed by atoms with E-state index in [-0.39, 0.29) is 17.1 Å². The molecule has 1 heterocycles. The molecule has 2 rings (SSSR count). The predicted molar refractivity (Wildman–Crippen MR) is 69.6 cm³/mol. The minimum atomic E-state index is -3.76. The average Bonchev–Trinajstić information content (AvgIpc) is 2.87. The third-order valence-electron chi connectivity index (χ3n) is 3.24. The monoisotopic (exact) mass is 281 g/mol. The number of nitriles is 1. The first-order valence-corrected chi connectivity index (χ1v) is 7.37. The van der Waals surface area contributed by atoms with Gasteiger partial charge in [-0.2, -0.15) is 9.57 Å². The Morgan fingerprint density at radius 3 is 2.89 bits per heavy atom. The van der Waals surface area contributed by atoms with Crippen LogP contribution in [-0.2, 0) is 10.0 Å². The highest BCUT2D eigenvalue weighted by atomic mass is 32.2. The second-order valence-corrected chi connectivity index (χ2v) is 6.32. The molecule has 1 saturated heterocycles. The van der Waals surface area contributed by atoms with E-state index in [1.807, 2.05) is 6.07 Å². The molecule has 19 heavy (non-hydrogen) atoms. The summed E-state index contributed by atoms with van der Waals surface area (Å²) >= 11 is 0. The lowest BCUT2D eigenvalue weighted by Crippen LogP contribution is -2.37. The first-order chi connectivity index (χ1) is 9.00. The van der Waals surface area contributed by atoms with Crippen molar-refractivity contribution >= 4 is 15.7 Å². The predicted octanol–water partition coefficient (Wildman–Crippen LogP) is 0.286. The van der Waals surface area contributed by atoms with Gasteiger partial charge < -0.3 is 10.8 Å². The number of nitrogen functional groups attached to an aromatic ring is 1. The number of sulfonamides is 1. The second-order valence-electron chi connectivity index (χ2n) is 4.46. The van der Waals surface area contributed by atoms with E-state index in [1.165, 1.54) is 22.5 Å². The van der Waals surface area contributed by atoms with Crippen LogP contribution in [0.4, 0.5) is 5.69 Å². The van der Waals surface area contributed by atoms with Crippen LogP contribution >= 0.6 is 0 Å². The first-order valence-electron chi connectivity index (χ1n) is 5.93. The Morgan fingerprint density at radius 2 is 2.26 bits per heavy atom. The van der Waals surface area contributed by atoms with Crippen LogP contribution in [0.15, 0.2) is 23.1 Å². The zero-order valence-corrected chi connectivity index (χ0v) is 11.1. The maximum atomic E-state index is 12.5. The van der Waals surface area contributed by atoms with E-state index < -0.39 is 16.1 Å². The highest BCUT2D eigenvalue weighted by Crippen LogP contribution is 2.28. The topological polar surface area (TPSA) is 107 Å². The van der Waals surface area contributed by atoms with Crippen molar-refractivity contribution in [2.45, 2.75) is 23.8 Å². The molecule has 0 saturated carbocycles. The lowest BCUT2D eigenvalue weighted by Gasteiger charge is -2.22. The smallest absolute Gasteiger partial charge is 0.244 e. The molecule has 0 radical (unpaired) electrons. The molecule has 0 aliphatic carbocycles. The molecule has 1 atom stereocenters. The molecule has 1 aromatic carbocycles. The van der Waals surface area contributed by atoms with Crippen LogP contribution in [0.25, 0.3) is 0 Å². The molecule has 0 amide bonds. The molecule has 0 unspecified atom stereocenters. The van der Waals surface area contributed by atoms with Crippen LogP contribution in [-0.4, -0.2) is 37.0 Å². The second kappa shape index (κ2) is 5.17. The van der Waals surface area contributed by atoms with Crippen LogP contribution in [0.1, 0.15) is 18.4 Å². The number of nitrogens with zero attached hydrogens (tertiary/aromatic N) is 2. The summed E-state index contributed by atoms with van der Waals surface area (Å²) in [4.78, 5) is -0.0513. The molecule has 1 aliphatic rings. The van der Waals surface area contributed by atoms with Crippen molar-refractivity contribution in [1.82, 2.24) is 4.31 Å². The van der Waals surface area contributed by atoms with Crippen molar-refractivity contribution in [3.8, 4) is 6.07 Å². The normalized spacial score (nSPS) is 20.3. The molecule has 3 N–H and O–H groups in total. The number of rotatable bonds is 3. The van der Waals surface area contributed by atoms with Crippen LogP contribution in [0.3, 0.4) is 0 Å². The van der Waals surface area contributed by atoms with E-state index in [0.29, 0.717) is 25.1 Å². The van der Waals surface area contributed by atoms with Gasteiger partial charge in [0.1, 0.15) is 11.0 Å². The molecule has 1 aliphatic heterocycles. The SMILES string of the molecule is N#Cc1cc(N)ccc1S(=O)(=O)N1CCC[C@H]1CO. The number of hydrogen-bond acceptors (Lipinski definition) is 5. The fourth-order valence-electron chi connectivity index (χ4n) is 2.29. The number of nitrogens with two attached hydrogens (primary N) is 1. The van der Waals surface area contributed by atoms with Crippen LogP contribution in [0, 0.1) is 11.3 Å². The lowest BCUT2D eigenvalue weighted by atomic mass is 10.2. The zero-order valence-electron chi connectivity index (χ0n) is 10.3. The van der Waals surface area contributed by atoms with E-state index in [1.54, 1.807) is 0 Å². The molecule has 1 aromatic rings. The molecule has 6 nitrogen and oxygen atoms in total. The van der Waals surface area contributed by atoms with Crippen LogP contribution in [0.2, 0.25) is 0 Å². The van der Waals surface area contributed by atoms with Crippen molar-refractivity contribution in [2.75, 3.05) is 18.9 Å². The minimum absolute atomic E-state index is 0.0311. The third-order valence-corrected chi connectivity index (χ3v) is 5.25. The highest BCUT2D eigenvalue weighted by molar-refractivity contribution is 7.89. The first kappa shape index (κ1) is 13.8. The van der Waals surface area contributed by atoms with Gasteiger partial charge in [0.05, 0.1) is 12.2 Å². The van der Waals surface area contributed by atoms with E-state index in [2.05, 4.69) is 0 Å². The Hall–Kier alpha value is -1.62. The number of aliphatic hydroxyl groups is 1. The van der Waals surface area contributed by atoms with Gasteiger partial charge in [0.2, 0.25) is 10.0 Å². The van der Waals surface area contributed by atoms with Gasteiger partial charge in [-0.3, -0.25) is 0 Å². The van der Waals surface area contributed by atoms with Crippen molar-refractivity contribution in [3.63, 3.8) is 0 Å². The Labute approximate surface area is 112 Å². The zero-order chi connectivity index (χ0) is 14.0. The van der Waals surface area contributed by atoms with Gasteiger partial charge in [-0.1, -0.05) is 0 Å². The van der Waals surface area contributed by atoms with Gasteiger partial charge in [-0.05, 0) is 31.0 Å². The summed E-state index contributed by atoms with van der Waals surface area (Å²) in [7, 11) is -3.76. The Kier molecular flexibility index (Phi) is 3.75. The van der Waals surface area contributed by atoms with E-state index in [0.717, 1.165) is 0 Å².